The van der Waals surface area contributed by atoms with Crippen LogP contribution < -0.4 is 5.32 Å². The van der Waals surface area contributed by atoms with E-state index in [-0.39, 0.29) is 24.0 Å². The first-order valence-corrected chi connectivity index (χ1v) is 9.99. The number of halogens is 1. The van der Waals surface area contributed by atoms with Gasteiger partial charge in [0.05, 0.1) is 6.61 Å². The minimum atomic E-state index is -0.274. The molecule has 0 atom stereocenters. The number of piperazine rings is 1. The normalized spacial score (nSPS) is 18.8. The van der Waals surface area contributed by atoms with Crippen LogP contribution in [0.15, 0.2) is 24.3 Å². The molecule has 8 heteroatoms. The lowest BCUT2D eigenvalue weighted by Gasteiger charge is -2.37. The minimum Gasteiger partial charge on any atom is -0.450 e. The van der Waals surface area contributed by atoms with Gasteiger partial charge in [-0.25, -0.2) is 14.0 Å². The number of hydrogen-bond donors (Lipinski definition) is 1. The molecule has 0 spiro atoms. The van der Waals surface area contributed by atoms with Crippen molar-refractivity contribution >= 4 is 12.1 Å². The van der Waals surface area contributed by atoms with Gasteiger partial charge in [-0.3, -0.25) is 4.90 Å². The van der Waals surface area contributed by atoms with Gasteiger partial charge in [-0.2, -0.15) is 0 Å². The molecule has 0 radical (unpaired) electrons. The van der Waals surface area contributed by atoms with Crippen LogP contribution in [0, 0.1) is 5.82 Å². The van der Waals surface area contributed by atoms with Crippen LogP contribution >= 0.6 is 0 Å². The molecule has 1 N–H and O–H groups in total. The van der Waals surface area contributed by atoms with Gasteiger partial charge in [-0.05, 0) is 37.5 Å². The fourth-order valence-corrected chi connectivity index (χ4v) is 3.64. The highest BCUT2D eigenvalue weighted by Crippen LogP contribution is 2.13. The number of ether oxygens (including phenoxy) is 1. The lowest BCUT2D eigenvalue weighted by atomic mass is 10.1. The zero-order valence-electron chi connectivity index (χ0n) is 16.4. The van der Waals surface area contributed by atoms with Crippen LogP contribution in [0.3, 0.4) is 0 Å². The van der Waals surface area contributed by atoms with E-state index in [2.05, 4.69) is 10.2 Å². The third kappa shape index (κ3) is 5.58. The van der Waals surface area contributed by atoms with Gasteiger partial charge >= 0.3 is 12.1 Å². The second-order valence-electron chi connectivity index (χ2n) is 7.30. The van der Waals surface area contributed by atoms with Crippen molar-refractivity contribution < 1.29 is 18.7 Å². The van der Waals surface area contributed by atoms with Gasteiger partial charge in [0.1, 0.15) is 5.82 Å². The van der Waals surface area contributed by atoms with Crippen LogP contribution in [-0.4, -0.2) is 78.7 Å². The molecule has 2 heterocycles. The Kier molecular flexibility index (Phi) is 7.08. The summed E-state index contributed by atoms with van der Waals surface area (Å²) in [4.78, 5) is 30.1. The topological polar surface area (TPSA) is 65.1 Å². The fourth-order valence-electron chi connectivity index (χ4n) is 3.64. The third-order valence-electron chi connectivity index (χ3n) is 5.33. The summed E-state index contributed by atoms with van der Waals surface area (Å²) in [5, 5.41) is 3.10. The van der Waals surface area contributed by atoms with E-state index in [9.17, 15) is 14.0 Å². The molecular weight excluding hydrogens is 363 g/mol. The van der Waals surface area contributed by atoms with E-state index in [1.807, 2.05) is 4.90 Å². The fraction of sp³-hybridized carbons (Fsp3) is 0.600. The summed E-state index contributed by atoms with van der Waals surface area (Å²) >= 11 is 0. The van der Waals surface area contributed by atoms with Crippen LogP contribution in [0.2, 0.25) is 0 Å². The van der Waals surface area contributed by atoms with Gasteiger partial charge in [0.15, 0.2) is 0 Å². The van der Waals surface area contributed by atoms with E-state index >= 15 is 0 Å². The molecule has 0 aromatic heterocycles. The van der Waals surface area contributed by atoms with E-state index < -0.39 is 0 Å². The Morgan fingerprint density at radius 2 is 1.68 bits per heavy atom. The van der Waals surface area contributed by atoms with Crippen LogP contribution in [0.5, 0.6) is 0 Å². The highest BCUT2D eigenvalue weighted by molar-refractivity contribution is 5.74. The second kappa shape index (κ2) is 9.73. The molecule has 154 valence electrons. The molecule has 0 aliphatic carbocycles. The molecule has 2 saturated heterocycles. The SMILES string of the molecule is CCOC(=O)N1CCC(NC(=O)N2CCN(Cc3ccc(F)cc3)CC2)CC1. The molecule has 3 rings (SSSR count). The van der Waals surface area contributed by atoms with Crippen molar-refractivity contribution in [1.82, 2.24) is 20.0 Å². The highest BCUT2D eigenvalue weighted by Gasteiger charge is 2.27. The number of hydrogen-bond acceptors (Lipinski definition) is 4. The zero-order chi connectivity index (χ0) is 19.9. The lowest BCUT2D eigenvalue weighted by molar-refractivity contribution is 0.0939. The quantitative estimate of drug-likeness (QED) is 0.854. The number of benzene rings is 1. The standard InChI is InChI=1S/C20H29FN4O3/c1-2-28-20(27)25-9-7-18(8-10-25)22-19(26)24-13-11-23(12-14-24)15-16-3-5-17(21)6-4-16/h3-6,18H,2,7-15H2,1H3,(H,22,26). The maximum absolute atomic E-state index is 13.0. The molecule has 3 amide bonds. The Morgan fingerprint density at radius 1 is 1.04 bits per heavy atom. The molecule has 7 nitrogen and oxygen atoms in total. The summed E-state index contributed by atoms with van der Waals surface area (Å²) < 4.78 is 18.0. The van der Waals surface area contributed by atoms with E-state index in [1.165, 1.54) is 12.1 Å². The predicted octanol–water partition coefficient (Wildman–Crippen LogP) is 2.27. The van der Waals surface area contributed by atoms with Crippen molar-refractivity contribution in [2.45, 2.75) is 32.4 Å². The molecule has 2 aliphatic heterocycles. The van der Waals surface area contributed by atoms with Crippen LogP contribution in [-0.2, 0) is 11.3 Å². The smallest absolute Gasteiger partial charge is 0.409 e. The van der Waals surface area contributed by atoms with Crippen molar-refractivity contribution in [3.8, 4) is 0 Å². The average molecular weight is 392 g/mol. The predicted molar refractivity (Wildman–Crippen MR) is 103 cm³/mol. The van der Waals surface area contributed by atoms with Gasteiger partial charge in [-0.15, -0.1) is 0 Å². The third-order valence-corrected chi connectivity index (χ3v) is 5.33. The number of carbonyl (C=O) groups is 2. The van der Waals surface area contributed by atoms with Gasteiger partial charge in [0.25, 0.3) is 0 Å². The number of amides is 3. The maximum Gasteiger partial charge on any atom is 0.409 e. The van der Waals surface area contributed by atoms with E-state index in [4.69, 9.17) is 4.74 Å². The highest BCUT2D eigenvalue weighted by atomic mass is 19.1. The zero-order valence-corrected chi connectivity index (χ0v) is 16.4. The Bertz CT molecular complexity index is 654. The number of urea groups is 1. The Hall–Kier alpha value is -2.35. The first-order valence-electron chi connectivity index (χ1n) is 9.99. The molecular formula is C20H29FN4O3. The monoisotopic (exact) mass is 392 g/mol. The number of nitrogens with zero attached hydrogens (tertiary/aromatic N) is 3. The summed E-state index contributed by atoms with van der Waals surface area (Å²) in [5.74, 6) is -0.224. The molecule has 0 unspecified atom stereocenters. The molecule has 1 aromatic carbocycles. The van der Waals surface area contributed by atoms with Gasteiger partial charge in [-0.1, -0.05) is 12.1 Å². The van der Waals surface area contributed by atoms with Gasteiger partial charge in [0, 0.05) is 51.9 Å². The summed E-state index contributed by atoms with van der Waals surface area (Å²) in [6.07, 6.45) is 1.22. The van der Waals surface area contributed by atoms with Crippen LogP contribution in [0.1, 0.15) is 25.3 Å². The van der Waals surface area contributed by atoms with Crippen molar-refractivity contribution in [1.29, 1.82) is 0 Å². The number of nitrogens with one attached hydrogen (secondary N) is 1. The van der Waals surface area contributed by atoms with Crippen molar-refractivity contribution in [2.75, 3.05) is 45.9 Å². The average Bonchev–Trinajstić information content (AvgIpc) is 2.71. The lowest BCUT2D eigenvalue weighted by Crippen LogP contribution is -2.54. The Balaban J connectivity index is 1.37. The van der Waals surface area contributed by atoms with Gasteiger partial charge < -0.3 is 19.9 Å². The number of likely N-dealkylation sites (tertiary alicyclic amines) is 1. The van der Waals surface area contributed by atoms with E-state index in [1.54, 1.807) is 24.0 Å². The first-order chi connectivity index (χ1) is 13.5. The molecule has 2 aliphatic rings. The van der Waals surface area contributed by atoms with Crippen LogP contribution in [0.25, 0.3) is 0 Å². The van der Waals surface area contributed by atoms with Crippen molar-refractivity contribution in [3.05, 3.63) is 35.6 Å². The van der Waals surface area contributed by atoms with E-state index in [0.29, 0.717) is 32.8 Å². The molecule has 2 fully saturated rings. The van der Waals surface area contributed by atoms with Gasteiger partial charge in [0.2, 0.25) is 0 Å². The molecule has 0 bridgehead atoms. The molecule has 1 aromatic rings. The number of carbonyl (C=O) groups excluding carboxylic acids is 2. The van der Waals surface area contributed by atoms with Crippen LogP contribution in [0.4, 0.5) is 14.0 Å². The Labute approximate surface area is 165 Å². The number of piperidine rings is 1. The summed E-state index contributed by atoms with van der Waals surface area (Å²) in [6, 6.07) is 6.62. The Morgan fingerprint density at radius 3 is 2.29 bits per heavy atom. The molecule has 28 heavy (non-hydrogen) atoms. The minimum absolute atomic E-state index is 0.0315. The summed E-state index contributed by atoms with van der Waals surface area (Å²) in [5.41, 5.74) is 1.08. The number of rotatable bonds is 4. The maximum atomic E-state index is 13.0. The second-order valence-corrected chi connectivity index (χ2v) is 7.30. The molecule has 0 saturated carbocycles. The van der Waals surface area contributed by atoms with E-state index in [0.717, 1.165) is 38.0 Å². The largest absolute Gasteiger partial charge is 0.450 e. The van der Waals surface area contributed by atoms with Crippen molar-refractivity contribution in [3.63, 3.8) is 0 Å². The summed E-state index contributed by atoms with van der Waals surface area (Å²) in [6.45, 7) is 7.10. The summed E-state index contributed by atoms with van der Waals surface area (Å²) in [7, 11) is 0. The first kappa shape index (κ1) is 20.4. The van der Waals surface area contributed by atoms with Crippen molar-refractivity contribution in [2.24, 2.45) is 0 Å².